The summed E-state index contributed by atoms with van der Waals surface area (Å²) in [6.45, 7) is 6.96. The Kier molecular flexibility index (Phi) is 8.93. The van der Waals surface area contributed by atoms with Crippen LogP contribution in [-0.2, 0) is 13.0 Å². The topological polar surface area (TPSA) is 64.6 Å². The van der Waals surface area contributed by atoms with Crippen LogP contribution in [0, 0.1) is 13.8 Å². The van der Waals surface area contributed by atoms with Crippen molar-refractivity contribution in [2.24, 2.45) is 0 Å². The molecule has 0 bridgehead atoms. The van der Waals surface area contributed by atoms with E-state index in [0.717, 1.165) is 36.6 Å². The molecule has 6 nitrogen and oxygen atoms in total. The van der Waals surface area contributed by atoms with Crippen molar-refractivity contribution >= 4 is 0 Å². The number of nitrogens with one attached hydrogen (secondary N) is 1. The number of aromatic nitrogens is 2. The Morgan fingerprint density at radius 3 is 2.68 bits per heavy atom. The molecule has 1 unspecified atom stereocenters. The minimum Gasteiger partial charge on any atom is -0.491 e. The van der Waals surface area contributed by atoms with Crippen LogP contribution in [0.1, 0.15) is 54.6 Å². The summed E-state index contributed by atoms with van der Waals surface area (Å²) >= 11 is 0. The predicted octanol–water partition coefficient (Wildman–Crippen LogP) is 3.71. The number of hydrogen-bond donors (Lipinski definition) is 2. The number of benzene rings is 1. The third-order valence-electron chi connectivity index (χ3n) is 6.51. The zero-order valence-electron chi connectivity index (χ0n) is 19.7. The van der Waals surface area contributed by atoms with Crippen LogP contribution < -0.4 is 4.74 Å². The fourth-order valence-corrected chi connectivity index (χ4v) is 4.62. The average molecular weight is 429 g/mol. The van der Waals surface area contributed by atoms with Crippen LogP contribution in [0.4, 0.5) is 0 Å². The number of rotatable bonds is 11. The first-order valence-corrected chi connectivity index (χ1v) is 11.7. The number of H-pyrrole nitrogens is 1. The second kappa shape index (κ2) is 11.7. The van der Waals surface area contributed by atoms with Crippen LogP contribution in [0.25, 0.3) is 0 Å². The van der Waals surface area contributed by atoms with Crippen LogP contribution in [0.15, 0.2) is 24.3 Å². The van der Waals surface area contributed by atoms with Crippen LogP contribution in [-0.4, -0.2) is 71.0 Å². The second-order valence-corrected chi connectivity index (χ2v) is 9.24. The third-order valence-corrected chi connectivity index (χ3v) is 6.51. The van der Waals surface area contributed by atoms with Crippen molar-refractivity contribution < 1.29 is 9.84 Å². The molecular formula is C25H40N4O2. The molecule has 6 heteroatoms. The molecule has 1 aliphatic rings. The van der Waals surface area contributed by atoms with E-state index in [-0.39, 0.29) is 0 Å². The number of likely N-dealkylation sites (N-methyl/N-ethyl adjacent to an activating group) is 2. The first kappa shape index (κ1) is 23.8. The standard InChI is InChI=1S/C25H40N4O2/c1-19-25(20(2)27-26-19)13-14-28(3)16-21-9-8-12-24(15-21)31-18-23(30)17-29(4)22-10-6-5-7-11-22/h8-9,12,15,22-23,30H,5-7,10-11,13-14,16-18H2,1-4H3,(H,26,27). The van der Waals surface area contributed by atoms with Gasteiger partial charge >= 0.3 is 0 Å². The maximum Gasteiger partial charge on any atom is 0.119 e. The van der Waals surface area contributed by atoms with E-state index in [1.807, 2.05) is 12.1 Å². The van der Waals surface area contributed by atoms with Gasteiger partial charge in [-0.25, -0.2) is 0 Å². The van der Waals surface area contributed by atoms with Crippen molar-refractivity contribution in [3.63, 3.8) is 0 Å². The quantitative estimate of drug-likeness (QED) is 0.571. The second-order valence-electron chi connectivity index (χ2n) is 9.24. The highest BCUT2D eigenvalue weighted by Crippen LogP contribution is 2.22. The lowest BCUT2D eigenvalue weighted by Crippen LogP contribution is -2.40. The Balaban J connectivity index is 1.42. The van der Waals surface area contributed by atoms with E-state index in [2.05, 4.69) is 60.1 Å². The molecule has 1 heterocycles. The Labute approximate surface area is 187 Å². The van der Waals surface area contributed by atoms with Crippen LogP contribution >= 0.6 is 0 Å². The van der Waals surface area contributed by atoms with E-state index in [0.29, 0.717) is 19.2 Å². The van der Waals surface area contributed by atoms with Gasteiger partial charge in [-0.3, -0.25) is 5.10 Å². The summed E-state index contributed by atoms with van der Waals surface area (Å²) in [5.74, 6) is 0.826. The summed E-state index contributed by atoms with van der Waals surface area (Å²) < 4.78 is 5.92. The van der Waals surface area contributed by atoms with Crippen molar-refractivity contribution in [2.45, 2.75) is 71.1 Å². The fraction of sp³-hybridized carbons (Fsp3) is 0.640. The normalized spacial score (nSPS) is 16.2. The molecule has 2 aromatic rings. The van der Waals surface area contributed by atoms with Crippen molar-refractivity contribution in [1.29, 1.82) is 0 Å². The predicted molar refractivity (Wildman–Crippen MR) is 126 cm³/mol. The van der Waals surface area contributed by atoms with E-state index in [4.69, 9.17) is 4.74 Å². The highest BCUT2D eigenvalue weighted by atomic mass is 16.5. The maximum absolute atomic E-state index is 10.4. The molecule has 1 aromatic heterocycles. The van der Waals surface area contributed by atoms with Crippen molar-refractivity contribution in [3.8, 4) is 5.75 Å². The smallest absolute Gasteiger partial charge is 0.119 e. The van der Waals surface area contributed by atoms with Crippen molar-refractivity contribution in [3.05, 3.63) is 46.8 Å². The van der Waals surface area contributed by atoms with Gasteiger partial charge in [0, 0.05) is 31.4 Å². The highest BCUT2D eigenvalue weighted by molar-refractivity contribution is 5.28. The van der Waals surface area contributed by atoms with Crippen LogP contribution in [0.5, 0.6) is 5.75 Å². The number of aliphatic hydroxyl groups excluding tert-OH is 1. The van der Waals surface area contributed by atoms with Gasteiger partial charge in [-0.2, -0.15) is 5.10 Å². The summed E-state index contributed by atoms with van der Waals surface area (Å²) in [4.78, 5) is 4.63. The molecule has 3 rings (SSSR count). The average Bonchev–Trinajstić information content (AvgIpc) is 3.09. The third kappa shape index (κ3) is 7.34. The van der Waals surface area contributed by atoms with Gasteiger partial charge in [0.2, 0.25) is 0 Å². The number of aromatic amines is 1. The Bertz CT molecular complexity index is 781. The van der Waals surface area contributed by atoms with Gasteiger partial charge in [-0.15, -0.1) is 0 Å². The molecular weight excluding hydrogens is 388 g/mol. The summed E-state index contributed by atoms with van der Waals surface area (Å²) in [7, 11) is 4.27. The number of ether oxygens (including phenoxy) is 1. The molecule has 1 fully saturated rings. The minimum atomic E-state index is -0.473. The van der Waals surface area contributed by atoms with E-state index in [1.54, 1.807) is 0 Å². The number of aliphatic hydroxyl groups is 1. The zero-order valence-corrected chi connectivity index (χ0v) is 19.7. The zero-order chi connectivity index (χ0) is 22.2. The Hall–Kier alpha value is -1.89. The number of hydrogen-bond acceptors (Lipinski definition) is 5. The molecule has 172 valence electrons. The summed E-state index contributed by atoms with van der Waals surface area (Å²) in [6.07, 6.45) is 6.98. The van der Waals surface area contributed by atoms with Gasteiger partial charge in [0.15, 0.2) is 0 Å². The molecule has 1 aromatic carbocycles. The highest BCUT2D eigenvalue weighted by Gasteiger charge is 2.20. The molecule has 2 N–H and O–H groups in total. The Morgan fingerprint density at radius 1 is 1.19 bits per heavy atom. The lowest BCUT2D eigenvalue weighted by molar-refractivity contribution is 0.0561. The molecule has 1 atom stereocenters. The van der Waals surface area contributed by atoms with Crippen molar-refractivity contribution in [2.75, 3.05) is 33.8 Å². The maximum atomic E-state index is 10.4. The van der Waals surface area contributed by atoms with Gasteiger partial charge in [-0.1, -0.05) is 31.4 Å². The molecule has 0 saturated heterocycles. The van der Waals surface area contributed by atoms with E-state index >= 15 is 0 Å². The largest absolute Gasteiger partial charge is 0.491 e. The molecule has 0 amide bonds. The van der Waals surface area contributed by atoms with E-state index < -0.39 is 6.10 Å². The van der Waals surface area contributed by atoms with Gasteiger partial charge < -0.3 is 19.6 Å². The van der Waals surface area contributed by atoms with Crippen molar-refractivity contribution in [1.82, 2.24) is 20.0 Å². The lowest BCUT2D eigenvalue weighted by atomic mass is 9.94. The van der Waals surface area contributed by atoms with E-state index in [1.165, 1.54) is 43.2 Å². The first-order valence-electron chi connectivity index (χ1n) is 11.7. The fourth-order valence-electron chi connectivity index (χ4n) is 4.62. The van der Waals surface area contributed by atoms with Crippen LogP contribution in [0.2, 0.25) is 0 Å². The monoisotopic (exact) mass is 428 g/mol. The molecule has 1 saturated carbocycles. The van der Waals surface area contributed by atoms with Gasteiger partial charge in [0.25, 0.3) is 0 Å². The van der Waals surface area contributed by atoms with Crippen LogP contribution in [0.3, 0.4) is 0 Å². The lowest BCUT2D eigenvalue weighted by Gasteiger charge is -2.32. The number of nitrogens with zero attached hydrogens (tertiary/aromatic N) is 3. The van der Waals surface area contributed by atoms with E-state index in [9.17, 15) is 5.11 Å². The minimum absolute atomic E-state index is 0.329. The van der Waals surface area contributed by atoms with Gasteiger partial charge in [0.05, 0.1) is 5.69 Å². The molecule has 0 aliphatic heterocycles. The molecule has 1 aliphatic carbocycles. The summed E-state index contributed by atoms with van der Waals surface area (Å²) in [5, 5.41) is 17.8. The van der Waals surface area contributed by atoms with Gasteiger partial charge in [-0.05, 0) is 70.5 Å². The summed E-state index contributed by atoms with van der Waals surface area (Å²) in [5.41, 5.74) is 4.79. The SMILES string of the molecule is Cc1n[nH]c(C)c1CCN(C)Cc1cccc(OCC(O)CN(C)C2CCCCC2)c1. The molecule has 0 spiro atoms. The molecule has 31 heavy (non-hydrogen) atoms. The summed E-state index contributed by atoms with van der Waals surface area (Å²) in [6, 6.07) is 8.83. The Morgan fingerprint density at radius 2 is 1.97 bits per heavy atom. The number of aryl methyl sites for hydroxylation is 2. The van der Waals surface area contributed by atoms with Gasteiger partial charge in [0.1, 0.15) is 18.5 Å². The molecule has 0 radical (unpaired) electrons. The first-order chi connectivity index (χ1) is 14.9.